The van der Waals surface area contributed by atoms with E-state index in [-0.39, 0.29) is 5.78 Å². The lowest BCUT2D eigenvalue weighted by atomic mass is 10.0. The molecule has 0 radical (unpaired) electrons. The Kier molecular flexibility index (Phi) is 3.20. The lowest BCUT2D eigenvalue weighted by molar-refractivity contribution is -0.113. The van der Waals surface area contributed by atoms with Crippen LogP contribution in [-0.4, -0.2) is 12.4 Å². The zero-order valence-electron chi connectivity index (χ0n) is 9.11. The normalized spacial score (nSPS) is 14.9. The van der Waals surface area contributed by atoms with Crippen LogP contribution in [-0.2, 0) is 9.53 Å². The van der Waals surface area contributed by atoms with E-state index in [0.717, 1.165) is 18.4 Å². The quantitative estimate of drug-likeness (QED) is 0.723. The van der Waals surface area contributed by atoms with Crippen molar-refractivity contribution in [1.29, 1.82) is 0 Å². The summed E-state index contributed by atoms with van der Waals surface area (Å²) in [6.07, 6.45) is 3.73. The second kappa shape index (κ2) is 4.79. The van der Waals surface area contributed by atoms with Gasteiger partial charge < -0.3 is 4.74 Å². The second-order valence-electron chi connectivity index (χ2n) is 3.73. The highest BCUT2D eigenvalue weighted by molar-refractivity contribution is 6.27. The first-order valence-electron chi connectivity index (χ1n) is 5.41. The van der Waals surface area contributed by atoms with Crippen LogP contribution in [0.15, 0.2) is 48.7 Å². The Labute approximate surface area is 95.2 Å². The highest BCUT2D eigenvalue weighted by atomic mass is 16.5. The topological polar surface area (TPSA) is 26.3 Å². The van der Waals surface area contributed by atoms with Crippen LogP contribution in [0.3, 0.4) is 0 Å². The van der Waals surface area contributed by atoms with Crippen molar-refractivity contribution >= 4 is 11.4 Å². The van der Waals surface area contributed by atoms with Crippen molar-refractivity contribution in [2.24, 2.45) is 0 Å². The summed E-state index contributed by atoms with van der Waals surface area (Å²) in [5, 5.41) is 0. The summed E-state index contributed by atoms with van der Waals surface area (Å²) in [6.45, 7) is 4.45. The Morgan fingerprint density at radius 3 is 2.62 bits per heavy atom. The molecule has 0 unspecified atom stereocenters. The summed E-state index contributed by atoms with van der Waals surface area (Å²) in [4.78, 5) is 12.0. The van der Waals surface area contributed by atoms with Gasteiger partial charge in [0.1, 0.15) is 0 Å². The third kappa shape index (κ3) is 2.22. The van der Waals surface area contributed by atoms with Gasteiger partial charge in [-0.25, -0.2) is 0 Å². The number of Topliss-reactive ketones (excluding diaryl/α,β-unsaturated/α-hetero) is 1. The van der Waals surface area contributed by atoms with Crippen molar-refractivity contribution in [1.82, 2.24) is 0 Å². The van der Waals surface area contributed by atoms with Gasteiger partial charge in [-0.05, 0) is 24.5 Å². The van der Waals surface area contributed by atoms with Crippen LogP contribution in [0.4, 0.5) is 0 Å². The number of carbonyl (C=O) groups is 1. The van der Waals surface area contributed by atoms with Crippen LogP contribution >= 0.6 is 0 Å². The second-order valence-corrected chi connectivity index (χ2v) is 3.73. The van der Waals surface area contributed by atoms with Gasteiger partial charge in [-0.15, -0.1) is 0 Å². The average molecular weight is 214 g/mol. The molecule has 0 N–H and O–H groups in total. The average Bonchev–Trinajstić information content (AvgIpc) is 2.39. The number of ketones is 1. The van der Waals surface area contributed by atoms with E-state index in [1.807, 2.05) is 36.4 Å². The van der Waals surface area contributed by atoms with Crippen molar-refractivity contribution in [3.05, 3.63) is 54.3 Å². The van der Waals surface area contributed by atoms with Gasteiger partial charge in [-0.1, -0.05) is 36.9 Å². The van der Waals surface area contributed by atoms with Gasteiger partial charge in [0.15, 0.2) is 5.76 Å². The largest absolute Gasteiger partial charge is 0.490 e. The van der Waals surface area contributed by atoms with Crippen molar-refractivity contribution in [3.8, 4) is 0 Å². The van der Waals surface area contributed by atoms with E-state index in [1.165, 1.54) is 0 Å². The minimum Gasteiger partial charge on any atom is -0.490 e. The maximum Gasteiger partial charge on any atom is 0.227 e. The van der Waals surface area contributed by atoms with E-state index in [0.29, 0.717) is 17.9 Å². The van der Waals surface area contributed by atoms with Crippen LogP contribution in [0.1, 0.15) is 18.4 Å². The van der Waals surface area contributed by atoms with Crippen molar-refractivity contribution in [2.45, 2.75) is 12.8 Å². The third-order valence-corrected chi connectivity index (χ3v) is 2.56. The molecule has 16 heavy (non-hydrogen) atoms. The number of hydrogen-bond donors (Lipinski definition) is 0. The molecule has 1 aliphatic heterocycles. The number of allylic oxidation sites excluding steroid dienone is 2. The fourth-order valence-corrected chi connectivity index (χ4v) is 1.63. The maximum absolute atomic E-state index is 12.0. The van der Waals surface area contributed by atoms with E-state index >= 15 is 0 Å². The number of hydrogen-bond acceptors (Lipinski definition) is 2. The maximum atomic E-state index is 12.0. The summed E-state index contributed by atoms with van der Waals surface area (Å²) in [5.74, 6) is 0.339. The molecule has 1 heterocycles. The van der Waals surface area contributed by atoms with Gasteiger partial charge in [0.05, 0.1) is 6.61 Å². The zero-order valence-corrected chi connectivity index (χ0v) is 9.11. The van der Waals surface area contributed by atoms with Gasteiger partial charge in [0.25, 0.3) is 0 Å². The third-order valence-electron chi connectivity index (χ3n) is 2.56. The zero-order chi connectivity index (χ0) is 11.4. The fourth-order valence-electron chi connectivity index (χ4n) is 1.63. The predicted molar refractivity (Wildman–Crippen MR) is 63.8 cm³/mol. The summed E-state index contributed by atoms with van der Waals surface area (Å²) in [5.41, 5.74) is 1.34. The highest BCUT2D eigenvalue weighted by Crippen LogP contribution is 2.20. The minimum absolute atomic E-state index is 0.106. The number of ether oxygens (including phenoxy) is 1. The molecule has 0 bridgehead atoms. The van der Waals surface area contributed by atoms with Crippen molar-refractivity contribution < 1.29 is 9.53 Å². The summed E-state index contributed by atoms with van der Waals surface area (Å²) in [6, 6.07) is 9.46. The summed E-state index contributed by atoms with van der Waals surface area (Å²) < 4.78 is 5.33. The van der Waals surface area contributed by atoms with Gasteiger partial charge >= 0.3 is 0 Å². The summed E-state index contributed by atoms with van der Waals surface area (Å²) >= 11 is 0. The molecule has 82 valence electrons. The van der Waals surface area contributed by atoms with Crippen molar-refractivity contribution in [3.63, 3.8) is 0 Å². The van der Waals surface area contributed by atoms with Crippen molar-refractivity contribution in [2.75, 3.05) is 6.61 Å². The molecule has 2 rings (SSSR count). The Bertz CT molecular complexity index is 429. The molecule has 0 saturated carbocycles. The Morgan fingerprint density at radius 2 is 2.00 bits per heavy atom. The molecule has 0 aliphatic carbocycles. The number of rotatable bonds is 3. The molecule has 0 aromatic heterocycles. The van der Waals surface area contributed by atoms with Gasteiger partial charge in [0, 0.05) is 5.57 Å². The molecule has 2 heteroatoms. The van der Waals surface area contributed by atoms with E-state index < -0.39 is 0 Å². The Balaban J connectivity index is 2.16. The Hall–Kier alpha value is -1.83. The highest BCUT2D eigenvalue weighted by Gasteiger charge is 2.17. The van der Waals surface area contributed by atoms with Crippen LogP contribution < -0.4 is 0 Å². The molecule has 1 aromatic rings. The standard InChI is InChI=1S/C14H14O2/c1-11(12-7-3-2-4-8-12)14(15)13-9-5-6-10-16-13/h2-4,7-9H,1,5-6,10H2. The number of carbonyl (C=O) groups excluding carboxylic acids is 1. The summed E-state index contributed by atoms with van der Waals surface area (Å²) in [7, 11) is 0. The smallest absolute Gasteiger partial charge is 0.227 e. The van der Waals surface area contributed by atoms with Gasteiger partial charge in [-0.3, -0.25) is 4.79 Å². The lowest BCUT2D eigenvalue weighted by Gasteiger charge is -2.14. The molecule has 1 aromatic carbocycles. The lowest BCUT2D eigenvalue weighted by Crippen LogP contribution is -2.12. The fraction of sp³-hybridized carbons (Fsp3) is 0.214. The molecule has 2 nitrogen and oxygen atoms in total. The first kappa shape index (κ1) is 10.7. The van der Waals surface area contributed by atoms with Gasteiger partial charge in [-0.2, -0.15) is 0 Å². The van der Waals surface area contributed by atoms with Crippen LogP contribution in [0.2, 0.25) is 0 Å². The van der Waals surface area contributed by atoms with Gasteiger partial charge in [0.2, 0.25) is 5.78 Å². The van der Waals surface area contributed by atoms with E-state index in [1.54, 1.807) is 0 Å². The predicted octanol–water partition coefficient (Wildman–Crippen LogP) is 2.96. The van der Waals surface area contributed by atoms with E-state index in [9.17, 15) is 4.79 Å². The molecule has 0 amide bonds. The van der Waals surface area contributed by atoms with E-state index in [4.69, 9.17) is 4.74 Å². The molecular weight excluding hydrogens is 200 g/mol. The number of benzene rings is 1. The van der Waals surface area contributed by atoms with Crippen LogP contribution in [0, 0.1) is 0 Å². The van der Waals surface area contributed by atoms with E-state index in [2.05, 4.69) is 6.58 Å². The molecule has 1 aliphatic rings. The first-order valence-corrected chi connectivity index (χ1v) is 5.41. The first-order chi connectivity index (χ1) is 7.79. The Morgan fingerprint density at radius 1 is 1.25 bits per heavy atom. The van der Waals surface area contributed by atoms with Crippen LogP contribution in [0.5, 0.6) is 0 Å². The molecule has 0 fully saturated rings. The van der Waals surface area contributed by atoms with Crippen LogP contribution in [0.25, 0.3) is 5.57 Å². The monoisotopic (exact) mass is 214 g/mol. The molecule has 0 spiro atoms. The minimum atomic E-state index is -0.106. The molecular formula is C14H14O2. The molecule has 0 atom stereocenters. The SMILES string of the molecule is C=C(C(=O)C1=CCCCO1)c1ccccc1. The molecule has 0 saturated heterocycles.